The monoisotopic (exact) mass is 769 g/mol. The number of carbonyl (C=O) groups is 3. The van der Waals surface area contributed by atoms with Crippen molar-refractivity contribution >= 4 is 23.8 Å². The second-order valence-corrected chi connectivity index (χ2v) is 16.6. The lowest BCUT2D eigenvalue weighted by atomic mass is 9.83. The maximum atomic E-state index is 14.6. The molecule has 2 saturated heterocycles. The maximum Gasteiger partial charge on any atom is 0.410 e. The molecule has 4 aromatic carbocycles. The highest BCUT2D eigenvalue weighted by Gasteiger charge is 2.45. The smallest absolute Gasteiger partial charge is 0.410 e. The second-order valence-electron chi connectivity index (χ2n) is 16.6. The fraction of sp³-hybridized carbons (Fsp3) is 0.386. The Hall–Kier alpha value is -5.65. The van der Waals surface area contributed by atoms with Crippen LogP contribution in [0.3, 0.4) is 0 Å². The maximum absolute atomic E-state index is 14.6. The third-order valence-corrected chi connectivity index (χ3v) is 9.92. The van der Waals surface area contributed by atoms with Crippen LogP contribution in [0.25, 0.3) is 22.3 Å². The van der Waals surface area contributed by atoms with E-state index in [2.05, 4.69) is 5.32 Å². The molecule has 2 fully saturated rings. The minimum absolute atomic E-state index is 0.230. The molecule has 0 aromatic heterocycles. The molecule has 4 aromatic rings. The molecule has 296 valence electrons. The van der Waals surface area contributed by atoms with Crippen molar-refractivity contribution < 1.29 is 42.5 Å². The van der Waals surface area contributed by atoms with Crippen molar-refractivity contribution in [3.05, 3.63) is 102 Å². The van der Waals surface area contributed by atoms with Crippen molar-refractivity contribution in [3.8, 4) is 33.8 Å². The summed E-state index contributed by atoms with van der Waals surface area (Å²) < 4.78 is 47.1. The second kappa shape index (κ2) is 15.8. The van der Waals surface area contributed by atoms with Gasteiger partial charge in [0.2, 0.25) is 0 Å². The van der Waals surface area contributed by atoms with Gasteiger partial charge < -0.3 is 34.4 Å². The lowest BCUT2D eigenvalue weighted by Crippen LogP contribution is -2.48. The van der Waals surface area contributed by atoms with Gasteiger partial charge in [0.1, 0.15) is 29.3 Å². The van der Waals surface area contributed by atoms with Gasteiger partial charge in [-0.05, 0) is 92.8 Å². The zero-order chi connectivity index (χ0) is 40.5. The standard InChI is InChI=1S/C44H49F2N3O7/c1-26-8-10-27(11-9-26)33-24-30(14-17-36(33)54-31-18-20-48(25-31)42(53)56-44(5,6)7)47-40(50)29-13-16-37(32(22-29)28-12-15-34(45)35(46)23-28)55-38-19-21-49(41(51)52)39(38)43(2,3)4/h8-17,22-24,31,38-39H,18-21,25H2,1-7H3,(H,47,50)(H,51,52). The SMILES string of the molecule is Cc1ccc(-c2cc(NC(=O)c3ccc(OC4CCN(C(=O)O)C4C(C)(C)C)c(-c4ccc(F)c(F)c4)c3)ccc2OC2CCN(C(=O)OC(C)(C)C)C2)cc1. The molecule has 0 spiro atoms. The van der Waals surface area contributed by atoms with Crippen molar-refractivity contribution in [2.45, 2.75) is 85.2 Å². The molecular formula is C44H49F2N3O7. The highest BCUT2D eigenvalue weighted by atomic mass is 19.2. The average molecular weight is 770 g/mol. The highest BCUT2D eigenvalue weighted by molar-refractivity contribution is 6.05. The number of anilines is 1. The molecule has 2 aliphatic rings. The number of rotatable bonds is 8. The number of amides is 3. The van der Waals surface area contributed by atoms with Crippen LogP contribution in [0, 0.1) is 24.0 Å². The molecule has 0 saturated carbocycles. The summed E-state index contributed by atoms with van der Waals surface area (Å²) in [6, 6.07) is 21.0. The molecule has 0 bridgehead atoms. The average Bonchev–Trinajstić information content (AvgIpc) is 3.78. The van der Waals surface area contributed by atoms with Gasteiger partial charge in [-0.2, -0.15) is 0 Å². The lowest BCUT2D eigenvalue weighted by molar-refractivity contribution is 0.0275. The number of halogens is 2. The number of nitrogens with one attached hydrogen (secondary N) is 1. The predicted octanol–water partition coefficient (Wildman–Crippen LogP) is 9.79. The quantitative estimate of drug-likeness (QED) is 0.183. The predicted molar refractivity (Wildman–Crippen MR) is 210 cm³/mol. The van der Waals surface area contributed by atoms with Crippen molar-refractivity contribution in [2.75, 3.05) is 25.0 Å². The molecule has 2 aliphatic heterocycles. The van der Waals surface area contributed by atoms with Gasteiger partial charge in [-0.15, -0.1) is 0 Å². The largest absolute Gasteiger partial charge is 0.488 e. The number of carbonyl (C=O) groups excluding carboxylic acids is 2. The number of nitrogens with zero attached hydrogens (tertiary/aromatic N) is 2. The molecule has 0 radical (unpaired) electrons. The molecule has 3 atom stereocenters. The van der Waals surface area contributed by atoms with E-state index in [0.717, 1.165) is 28.8 Å². The summed E-state index contributed by atoms with van der Waals surface area (Å²) in [5.41, 5.74) is 2.97. The Kier molecular flexibility index (Phi) is 11.3. The summed E-state index contributed by atoms with van der Waals surface area (Å²) in [5.74, 6) is -1.64. The number of hydrogen-bond donors (Lipinski definition) is 2. The number of likely N-dealkylation sites (tertiary alicyclic amines) is 2. The van der Waals surface area contributed by atoms with E-state index >= 15 is 0 Å². The zero-order valence-electron chi connectivity index (χ0n) is 32.8. The van der Waals surface area contributed by atoms with Crippen LogP contribution in [0.4, 0.5) is 24.1 Å². The van der Waals surface area contributed by atoms with Crippen LogP contribution in [0.2, 0.25) is 0 Å². The van der Waals surface area contributed by atoms with Gasteiger partial charge in [0.05, 0.1) is 12.6 Å². The van der Waals surface area contributed by atoms with Gasteiger partial charge in [0.25, 0.3) is 5.91 Å². The van der Waals surface area contributed by atoms with Crippen LogP contribution < -0.4 is 14.8 Å². The molecule has 2 heterocycles. The van der Waals surface area contributed by atoms with Gasteiger partial charge in [0.15, 0.2) is 11.6 Å². The summed E-state index contributed by atoms with van der Waals surface area (Å²) in [5, 5.41) is 12.9. The Morgan fingerprint density at radius 1 is 0.768 bits per heavy atom. The number of ether oxygens (including phenoxy) is 3. The Morgan fingerprint density at radius 3 is 2.09 bits per heavy atom. The van der Waals surface area contributed by atoms with Crippen molar-refractivity contribution in [1.82, 2.24) is 9.80 Å². The minimum atomic E-state index is -1.06. The normalized spacial score (nSPS) is 18.5. The summed E-state index contributed by atoms with van der Waals surface area (Å²) in [6.07, 6.45) is -1.17. The molecule has 0 aliphatic carbocycles. The first-order valence-electron chi connectivity index (χ1n) is 18.8. The fourth-order valence-electron chi connectivity index (χ4n) is 7.32. The van der Waals surface area contributed by atoms with E-state index in [4.69, 9.17) is 14.2 Å². The van der Waals surface area contributed by atoms with Crippen LogP contribution in [-0.4, -0.2) is 76.5 Å². The van der Waals surface area contributed by atoms with E-state index in [1.807, 2.05) is 78.8 Å². The van der Waals surface area contributed by atoms with Gasteiger partial charge in [0, 0.05) is 48.3 Å². The number of hydrogen-bond acceptors (Lipinski definition) is 6. The number of benzene rings is 4. The van der Waals surface area contributed by atoms with Gasteiger partial charge >= 0.3 is 12.2 Å². The first-order chi connectivity index (χ1) is 26.4. The third-order valence-electron chi connectivity index (χ3n) is 9.92. The summed E-state index contributed by atoms with van der Waals surface area (Å²) >= 11 is 0. The molecule has 6 rings (SSSR count). The van der Waals surface area contributed by atoms with Gasteiger partial charge in [-0.1, -0.05) is 56.7 Å². The van der Waals surface area contributed by atoms with Crippen molar-refractivity contribution in [2.24, 2.45) is 5.41 Å². The Balaban J connectivity index is 1.28. The highest BCUT2D eigenvalue weighted by Crippen LogP contribution is 2.40. The third kappa shape index (κ3) is 9.23. The van der Waals surface area contributed by atoms with Crippen LogP contribution >= 0.6 is 0 Å². The molecule has 2 N–H and O–H groups in total. The lowest BCUT2D eigenvalue weighted by Gasteiger charge is -2.37. The zero-order valence-corrected chi connectivity index (χ0v) is 32.8. The van der Waals surface area contributed by atoms with E-state index in [1.165, 1.54) is 11.0 Å². The minimum Gasteiger partial charge on any atom is -0.488 e. The number of aryl methyl sites for hydroxylation is 1. The molecule has 56 heavy (non-hydrogen) atoms. The van der Waals surface area contributed by atoms with Crippen molar-refractivity contribution in [3.63, 3.8) is 0 Å². The van der Waals surface area contributed by atoms with Crippen LogP contribution in [0.5, 0.6) is 11.5 Å². The van der Waals surface area contributed by atoms with E-state index in [0.29, 0.717) is 48.7 Å². The fourth-order valence-corrected chi connectivity index (χ4v) is 7.32. The van der Waals surface area contributed by atoms with Crippen molar-refractivity contribution in [1.29, 1.82) is 0 Å². The number of carboxylic acid groups (broad SMARTS) is 1. The van der Waals surface area contributed by atoms with Crippen LogP contribution in [0.1, 0.15) is 70.3 Å². The Labute approximate surface area is 326 Å². The first-order valence-corrected chi connectivity index (χ1v) is 18.8. The Bertz CT molecular complexity index is 2110. The first kappa shape index (κ1) is 40.0. The van der Waals surface area contributed by atoms with Crippen LogP contribution in [0.15, 0.2) is 78.9 Å². The van der Waals surface area contributed by atoms with E-state index in [1.54, 1.807) is 35.2 Å². The summed E-state index contributed by atoms with van der Waals surface area (Å²) in [6.45, 7) is 14.5. The summed E-state index contributed by atoms with van der Waals surface area (Å²) in [7, 11) is 0. The van der Waals surface area contributed by atoms with E-state index in [9.17, 15) is 28.3 Å². The van der Waals surface area contributed by atoms with E-state index < -0.39 is 46.8 Å². The Morgan fingerprint density at radius 2 is 1.43 bits per heavy atom. The van der Waals surface area contributed by atoms with Gasteiger partial charge in [-0.25, -0.2) is 18.4 Å². The summed E-state index contributed by atoms with van der Waals surface area (Å²) in [4.78, 5) is 41.7. The molecular weight excluding hydrogens is 720 g/mol. The van der Waals surface area contributed by atoms with Crippen LogP contribution in [-0.2, 0) is 4.74 Å². The molecule has 12 heteroatoms. The molecule has 3 amide bonds. The van der Waals surface area contributed by atoms with E-state index in [-0.39, 0.29) is 29.9 Å². The topological polar surface area (TPSA) is 118 Å². The molecule has 3 unspecified atom stereocenters. The molecule has 10 nitrogen and oxygen atoms in total. The van der Waals surface area contributed by atoms with Gasteiger partial charge in [-0.3, -0.25) is 4.79 Å².